The number of ether oxygens (including phenoxy) is 1. The summed E-state index contributed by atoms with van der Waals surface area (Å²) in [6, 6.07) is 23.5. The second-order valence-electron chi connectivity index (χ2n) is 10.1. The van der Waals surface area contributed by atoms with Crippen LogP contribution in [0.2, 0.25) is 0 Å². The van der Waals surface area contributed by atoms with Crippen LogP contribution < -0.4 is 5.32 Å². The molecule has 1 aromatic heterocycles. The summed E-state index contributed by atoms with van der Waals surface area (Å²) >= 11 is 0. The summed E-state index contributed by atoms with van der Waals surface area (Å²) in [6.45, 7) is 5.72. The highest BCUT2D eigenvalue weighted by Gasteiger charge is 2.51. The molecule has 5 rings (SSSR count). The fourth-order valence-electron chi connectivity index (χ4n) is 5.01. The Morgan fingerprint density at radius 2 is 1.74 bits per heavy atom. The molecule has 1 aliphatic carbocycles. The number of nitrogens with zero attached hydrogens (tertiary/aromatic N) is 1. The van der Waals surface area contributed by atoms with Gasteiger partial charge in [0.1, 0.15) is 17.5 Å². The highest BCUT2D eigenvalue weighted by molar-refractivity contribution is 5.91. The van der Waals surface area contributed by atoms with Gasteiger partial charge in [0.05, 0.1) is 5.41 Å². The van der Waals surface area contributed by atoms with Crippen molar-refractivity contribution in [2.75, 3.05) is 5.32 Å². The Balaban J connectivity index is 1.39. The Kier molecular flexibility index (Phi) is 7.24. The first kappa shape index (κ1) is 26.2. The van der Waals surface area contributed by atoms with Crippen molar-refractivity contribution in [3.05, 3.63) is 95.2 Å². The molecule has 1 saturated carbocycles. The lowest BCUT2D eigenvalue weighted by Crippen LogP contribution is -2.19. The number of hydrogen-bond donors (Lipinski definition) is 2. The summed E-state index contributed by atoms with van der Waals surface area (Å²) in [5.74, 6) is -0.287. The van der Waals surface area contributed by atoms with Crippen LogP contribution in [0.5, 0.6) is 0 Å². The Bertz CT molecular complexity index is 1490. The molecule has 1 atom stereocenters. The maximum absolute atomic E-state index is 12.7. The lowest BCUT2D eigenvalue weighted by Gasteiger charge is -2.15. The maximum Gasteiger partial charge on any atom is 0.412 e. The summed E-state index contributed by atoms with van der Waals surface area (Å²) in [6.07, 6.45) is 2.16. The lowest BCUT2D eigenvalue weighted by molar-refractivity contribution is -0.140. The zero-order chi connectivity index (χ0) is 27.6. The largest absolute Gasteiger partial charge is 0.481 e. The number of carbonyl (C=O) groups excluding carboxylic acids is 1. The number of carboxylic acid groups (broad SMARTS) is 1. The smallest absolute Gasteiger partial charge is 0.412 e. The highest BCUT2D eigenvalue weighted by atomic mass is 16.6. The van der Waals surface area contributed by atoms with Gasteiger partial charge >= 0.3 is 12.1 Å². The number of carboxylic acids is 1. The molecule has 0 bridgehead atoms. The molecule has 2 N–H and O–H groups in total. The first-order chi connectivity index (χ1) is 18.8. The predicted molar refractivity (Wildman–Crippen MR) is 150 cm³/mol. The van der Waals surface area contributed by atoms with Gasteiger partial charge in [0.15, 0.2) is 5.76 Å². The zero-order valence-corrected chi connectivity index (χ0v) is 22.4. The number of aryl methyl sites for hydroxylation is 2. The van der Waals surface area contributed by atoms with Crippen LogP contribution in [-0.4, -0.2) is 22.3 Å². The molecule has 39 heavy (non-hydrogen) atoms. The van der Waals surface area contributed by atoms with Crippen LogP contribution in [0.3, 0.4) is 0 Å². The number of aromatic nitrogens is 1. The normalized spacial score (nSPS) is 14.4. The number of hydrogen-bond acceptors (Lipinski definition) is 5. The third-order valence-corrected chi connectivity index (χ3v) is 7.44. The molecule has 1 fully saturated rings. The van der Waals surface area contributed by atoms with E-state index in [-0.39, 0.29) is 0 Å². The van der Waals surface area contributed by atoms with E-state index in [1.807, 2.05) is 73.7 Å². The van der Waals surface area contributed by atoms with Crippen molar-refractivity contribution in [1.29, 1.82) is 0 Å². The molecule has 7 nitrogen and oxygen atoms in total. The molecular weight excluding hydrogens is 492 g/mol. The van der Waals surface area contributed by atoms with Crippen molar-refractivity contribution in [1.82, 2.24) is 5.16 Å². The van der Waals surface area contributed by atoms with E-state index in [4.69, 9.17) is 9.26 Å². The van der Waals surface area contributed by atoms with E-state index in [0.29, 0.717) is 30.0 Å². The predicted octanol–water partition coefficient (Wildman–Crippen LogP) is 7.70. The summed E-state index contributed by atoms with van der Waals surface area (Å²) in [7, 11) is 0. The molecule has 1 unspecified atom stereocenters. The van der Waals surface area contributed by atoms with Crippen LogP contribution in [0.1, 0.15) is 61.6 Å². The average molecular weight is 525 g/mol. The number of rotatable bonds is 9. The van der Waals surface area contributed by atoms with E-state index in [9.17, 15) is 14.7 Å². The van der Waals surface area contributed by atoms with E-state index < -0.39 is 23.6 Å². The SMILES string of the molecule is CCCc1cc(-c2onc(C)c2NC(=O)OC(C)c2ccccc2)ccc1-c1ccc(C2(C(=O)O)CC2)cc1. The van der Waals surface area contributed by atoms with Gasteiger partial charge in [-0.05, 0) is 67.0 Å². The minimum Gasteiger partial charge on any atom is -0.481 e. The summed E-state index contributed by atoms with van der Waals surface area (Å²) in [4.78, 5) is 24.5. The Morgan fingerprint density at radius 1 is 1.05 bits per heavy atom. The fraction of sp³-hybridized carbons (Fsp3) is 0.281. The minimum atomic E-state index is -0.753. The molecule has 1 heterocycles. The number of benzene rings is 3. The number of nitrogens with one attached hydrogen (secondary N) is 1. The number of aliphatic carboxylic acids is 1. The van der Waals surface area contributed by atoms with Crippen LogP contribution in [0.25, 0.3) is 22.5 Å². The standard InChI is InChI=1S/C32H32N2O5/c1-4-8-24-19-25(13-16-27(24)23-11-14-26(15-12-23)32(17-18-32)30(35)36)29-28(20(2)34-39-29)33-31(37)38-21(3)22-9-6-5-7-10-22/h5-7,9-16,19,21H,4,8,17-18H2,1-3H3,(H,33,37)(H,35,36). The van der Waals surface area contributed by atoms with Crippen molar-refractivity contribution < 1.29 is 24.0 Å². The molecule has 0 radical (unpaired) electrons. The number of anilines is 1. The monoisotopic (exact) mass is 524 g/mol. The van der Waals surface area contributed by atoms with Crippen LogP contribution >= 0.6 is 0 Å². The molecular formula is C32H32N2O5. The minimum absolute atomic E-state index is 0.415. The molecule has 0 saturated heterocycles. The highest BCUT2D eigenvalue weighted by Crippen LogP contribution is 2.48. The summed E-state index contributed by atoms with van der Waals surface area (Å²) in [5.41, 5.74) is 6.10. The van der Waals surface area contributed by atoms with Crippen molar-refractivity contribution in [2.24, 2.45) is 0 Å². The van der Waals surface area contributed by atoms with Gasteiger partial charge in [0, 0.05) is 5.56 Å². The zero-order valence-electron chi connectivity index (χ0n) is 22.4. The van der Waals surface area contributed by atoms with Gasteiger partial charge in [-0.3, -0.25) is 10.1 Å². The van der Waals surface area contributed by atoms with Crippen LogP contribution in [0.15, 0.2) is 77.3 Å². The van der Waals surface area contributed by atoms with E-state index >= 15 is 0 Å². The third-order valence-electron chi connectivity index (χ3n) is 7.44. The molecule has 1 aliphatic rings. The Hall–Kier alpha value is -4.39. The number of amides is 1. The van der Waals surface area contributed by atoms with Crippen LogP contribution in [0, 0.1) is 6.92 Å². The van der Waals surface area contributed by atoms with Crippen LogP contribution in [0.4, 0.5) is 10.5 Å². The Morgan fingerprint density at radius 3 is 2.38 bits per heavy atom. The van der Waals surface area contributed by atoms with Crippen molar-refractivity contribution in [3.8, 4) is 22.5 Å². The van der Waals surface area contributed by atoms with Crippen molar-refractivity contribution >= 4 is 17.7 Å². The average Bonchev–Trinajstić information content (AvgIpc) is 3.69. The van der Waals surface area contributed by atoms with Gasteiger partial charge in [-0.1, -0.05) is 85.2 Å². The van der Waals surface area contributed by atoms with Crippen molar-refractivity contribution in [2.45, 2.75) is 58.0 Å². The molecule has 200 valence electrons. The second-order valence-corrected chi connectivity index (χ2v) is 10.1. The van der Waals surface area contributed by atoms with Gasteiger partial charge < -0.3 is 14.4 Å². The molecule has 4 aromatic rings. The number of carbonyl (C=O) groups is 2. The van der Waals surface area contributed by atoms with E-state index in [1.54, 1.807) is 6.92 Å². The first-order valence-electron chi connectivity index (χ1n) is 13.3. The molecule has 7 heteroatoms. The van der Waals surface area contributed by atoms with E-state index in [2.05, 4.69) is 23.5 Å². The van der Waals surface area contributed by atoms with Gasteiger partial charge in [0.2, 0.25) is 0 Å². The molecule has 3 aromatic carbocycles. The fourth-order valence-corrected chi connectivity index (χ4v) is 5.01. The third kappa shape index (κ3) is 5.30. The molecule has 1 amide bonds. The van der Waals surface area contributed by atoms with E-state index in [1.165, 1.54) is 0 Å². The molecule has 0 spiro atoms. The summed E-state index contributed by atoms with van der Waals surface area (Å²) in [5, 5.41) is 16.5. The van der Waals surface area contributed by atoms with Gasteiger partial charge in [-0.15, -0.1) is 0 Å². The first-order valence-corrected chi connectivity index (χ1v) is 13.3. The van der Waals surface area contributed by atoms with Gasteiger partial charge in [-0.2, -0.15) is 0 Å². The second kappa shape index (κ2) is 10.8. The van der Waals surface area contributed by atoms with Gasteiger partial charge in [0.25, 0.3) is 0 Å². The summed E-state index contributed by atoms with van der Waals surface area (Å²) < 4.78 is 11.2. The lowest BCUT2D eigenvalue weighted by atomic mass is 9.90. The van der Waals surface area contributed by atoms with Crippen molar-refractivity contribution in [3.63, 3.8) is 0 Å². The van der Waals surface area contributed by atoms with E-state index in [0.717, 1.165) is 46.2 Å². The topological polar surface area (TPSA) is 102 Å². The molecule has 0 aliphatic heterocycles. The quantitative estimate of drug-likeness (QED) is 0.233. The van der Waals surface area contributed by atoms with Crippen LogP contribution in [-0.2, 0) is 21.4 Å². The van der Waals surface area contributed by atoms with Gasteiger partial charge in [-0.25, -0.2) is 4.79 Å². The Labute approximate surface area is 227 Å². The maximum atomic E-state index is 12.7.